The number of rotatable bonds is 11. The molecule has 54 heavy (non-hydrogen) atoms. The predicted molar refractivity (Wildman–Crippen MR) is 205 cm³/mol. The number of aryl methyl sites for hydroxylation is 1. The smallest absolute Gasteiger partial charge is 0.269 e. The van der Waals surface area contributed by atoms with E-state index in [1.165, 1.54) is 12.1 Å². The van der Waals surface area contributed by atoms with Crippen LogP contribution < -0.4 is 9.80 Å². The maximum atomic E-state index is 15.0. The Hall–Kier alpha value is -4.76. The van der Waals surface area contributed by atoms with Crippen molar-refractivity contribution in [1.29, 1.82) is 0 Å². The first-order valence-corrected chi connectivity index (χ1v) is 21.9. The summed E-state index contributed by atoms with van der Waals surface area (Å²) >= 11 is 0. The van der Waals surface area contributed by atoms with E-state index in [2.05, 4.69) is 10.3 Å². The number of fused-ring (bicyclic) bond motifs is 2. The van der Waals surface area contributed by atoms with E-state index in [1.807, 2.05) is 79.5 Å². The molecule has 1 aromatic heterocycles. The van der Waals surface area contributed by atoms with Gasteiger partial charge in [0.2, 0.25) is 5.91 Å². The summed E-state index contributed by atoms with van der Waals surface area (Å²) < 4.78 is 8.62. The number of carbonyl (C=O) groups is 2. The zero-order chi connectivity index (χ0) is 38.2. The number of hydrogen-bond donors (Lipinski definition) is 2. The van der Waals surface area contributed by atoms with E-state index >= 15 is 0 Å². The third-order valence-corrected chi connectivity index (χ3v) is 14.0. The van der Waals surface area contributed by atoms with E-state index in [0.29, 0.717) is 42.9 Å². The Morgan fingerprint density at radius 3 is 2.56 bits per heavy atom. The molecule has 2 saturated heterocycles. The van der Waals surface area contributed by atoms with E-state index in [-0.39, 0.29) is 36.6 Å². The number of aliphatic hydroxyl groups excluding tert-OH is 1. The van der Waals surface area contributed by atoms with Gasteiger partial charge < -0.3 is 24.4 Å². The van der Waals surface area contributed by atoms with Crippen molar-refractivity contribution in [3.05, 3.63) is 111 Å². The highest BCUT2D eigenvalue weighted by atomic mass is 28.4. The van der Waals surface area contributed by atoms with Gasteiger partial charge in [0.15, 0.2) is 13.9 Å². The van der Waals surface area contributed by atoms with Gasteiger partial charge >= 0.3 is 0 Å². The van der Waals surface area contributed by atoms with Crippen molar-refractivity contribution in [2.24, 2.45) is 5.92 Å². The van der Waals surface area contributed by atoms with Crippen molar-refractivity contribution in [1.82, 2.24) is 15.0 Å². The highest BCUT2D eigenvalue weighted by Gasteiger charge is 2.66. The van der Waals surface area contributed by atoms with Gasteiger partial charge in [-0.2, -0.15) is 0 Å². The molecule has 4 aromatic rings. The summed E-state index contributed by atoms with van der Waals surface area (Å²) in [7, 11) is -3.01. The minimum absolute atomic E-state index is 0.0910. The summed E-state index contributed by atoms with van der Waals surface area (Å²) in [6.07, 6.45) is 6.04. The number of hydrogen-bond acceptors (Lipinski definition) is 9. The van der Waals surface area contributed by atoms with Crippen molar-refractivity contribution in [3.8, 4) is 0 Å². The number of benzene rings is 3. The first kappa shape index (κ1) is 37.5. The molecule has 2 fully saturated rings. The molecule has 7 rings (SSSR count). The number of non-ortho nitro benzene ring substituents is 1. The second kappa shape index (κ2) is 15.2. The summed E-state index contributed by atoms with van der Waals surface area (Å²) in [5.74, 6) is -1.10. The lowest BCUT2D eigenvalue weighted by atomic mass is 9.82. The fraction of sp³-hybridized carbons (Fsp3) is 0.450. The molecular weight excluding hydrogens is 705 g/mol. The number of aromatic nitrogens is 3. The van der Waals surface area contributed by atoms with Crippen LogP contribution in [0.2, 0.25) is 18.6 Å². The van der Waals surface area contributed by atoms with E-state index in [9.17, 15) is 29.6 Å². The van der Waals surface area contributed by atoms with Crippen LogP contribution in [0.4, 0.5) is 17.1 Å². The molecular formula is C40H48N6O7Si. The molecule has 0 bridgehead atoms. The highest BCUT2D eigenvalue weighted by molar-refractivity contribution is 6.71. The second-order valence-corrected chi connectivity index (χ2v) is 19.4. The molecule has 2 amide bonds. The summed E-state index contributed by atoms with van der Waals surface area (Å²) in [5.41, 5.74) is 1.98. The summed E-state index contributed by atoms with van der Waals surface area (Å²) in [6, 6.07) is 21.8. The molecule has 0 aliphatic carbocycles. The summed E-state index contributed by atoms with van der Waals surface area (Å²) in [5, 5.41) is 30.9. The Morgan fingerprint density at radius 2 is 1.81 bits per heavy atom. The van der Waals surface area contributed by atoms with Crippen LogP contribution in [0.15, 0.2) is 79.0 Å². The van der Waals surface area contributed by atoms with Crippen molar-refractivity contribution in [2.75, 3.05) is 23.0 Å². The van der Waals surface area contributed by atoms with Crippen LogP contribution in [-0.4, -0.2) is 69.2 Å². The number of nitro groups is 1. The largest absolute Gasteiger partial charge is 0.432 e. The summed E-state index contributed by atoms with van der Waals surface area (Å²) in [4.78, 5) is 54.9. The van der Waals surface area contributed by atoms with Crippen molar-refractivity contribution < 1.29 is 29.2 Å². The van der Waals surface area contributed by atoms with Gasteiger partial charge in [0, 0.05) is 60.5 Å². The van der Waals surface area contributed by atoms with E-state index in [0.717, 1.165) is 42.5 Å². The third-order valence-electron chi connectivity index (χ3n) is 11.5. The lowest BCUT2D eigenvalue weighted by Gasteiger charge is -2.32. The number of aliphatic hydroxyl groups is 1. The highest BCUT2D eigenvalue weighted by Crippen LogP contribution is 2.60. The van der Waals surface area contributed by atoms with Crippen LogP contribution in [0.3, 0.4) is 0 Å². The Bertz CT molecular complexity index is 2020. The van der Waals surface area contributed by atoms with Crippen LogP contribution in [-0.2, 0) is 33.0 Å². The minimum Gasteiger partial charge on any atom is -0.432 e. The first-order chi connectivity index (χ1) is 25.9. The molecule has 0 saturated carbocycles. The number of amides is 2. The van der Waals surface area contributed by atoms with Crippen LogP contribution >= 0.6 is 0 Å². The summed E-state index contributed by atoms with van der Waals surface area (Å²) in [6.45, 7) is 6.63. The predicted octanol–water partition coefficient (Wildman–Crippen LogP) is 6.04. The molecule has 284 valence electrons. The lowest BCUT2D eigenvalue weighted by molar-refractivity contribution is -0.385. The number of anilines is 2. The second-order valence-electron chi connectivity index (χ2n) is 15.4. The van der Waals surface area contributed by atoms with Crippen LogP contribution in [0.5, 0.6) is 0 Å². The van der Waals surface area contributed by atoms with Crippen LogP contribution in [0.25, 0.3) is 0 Å². The van der Waals surface area contributed by atoms with Gasteiger partial charge in [0.05, 0.1) is 41.5 Å². The van der Waals surface area contributed by atoms with E-state index in [1.54, 1.807) is 21.8 Å². The normalized spacial score (nSPS) is 23.8. The number of nitro benzene ring substituents is 1. The van der Waals surface area contributed by atoms with Crippen molar-refractivity contribution in [2.45, 2.75) is 94.8 Å². The molecule has 3 aliphatic rings. The number of carbonyl (C=O) groups excluding carboxylic acids is 2. The number of ether oxygens (including phenoxy) is 1. The van der Waals surface area contributed by atoms with Gasteiger partial charge in [-0.25, -0.2) is 0 Å². The lowest BCUT2D eigenvalue weighted by Crippen LogP contribution is -2.46. The third kappa shape index (κ3) is 6.99. The van der Waals surface area contributed by atoms with Crippen LogP contribution in [0.1, 0.15) is 73.8 Å². The maximum Gasteiger partial charge on any atom is 0.269 e. The van der Waals surface area contributed by atoms with Gasteiger partial charge in [0.1, 0.15) is 0 Å². The quantitative estimate of drug-likeness (QED) is 0.106. The molecule has 13 nitrogen and oxygen atoms in total. The molecule has 14 heteroatoms. The fourth-order valence-corrected chi connectivity index (χ4v) is 11.5. The molecule has 5 atom stereocenters. The standard InChI is InChI=1S/C40H48N6O7Si/c1-27-38(54(2,3)52)36(19-21-43-25-34(41-42-43)32(26-47)29-13-7-6-8-14-29)53-40(27)33-23-31(46(50)51)17-18-35(33)45(39(40)49)24-28-12-11-15-30(22-28)44-20-10-5-4-9-16-37(44)48/h6-8,11-15,17-18,22-23,25,27,32,36,38,47,52H,4-5,9-10,16,19-21,24,26H2,1-3H3/t27-,32?,36+,38-,40+/m1/s1. The van der Waals surface area contributed by atoms with E-state index in [4.69, 9.17) is 4.74 Å². The molecule has 1 spiro atoms. The van der Waals surface area contributed by atoms with Crippen molar-refractivity contribution >= 4 is 37.2 Å². The Balaban J connectivity index is 1.19. The zero-order valence-corrected chi connectivity index (χ0v) is 32.0. The Labute approximate surface area is 315 Å². The molecule has 3 aliphatic heterocycles. The SMILES string of the molecule is C[C@@H]1[C@@H]([Si](C)(C)O)[C@H](CCn2cc(C(CO)c3ccccc3)nn2)O[C@@]12C(=O)N(Cc1cccc(N3CCCCCCC3=O)c1)c1ccc([N+](=O)[O-])cc12. The molecule has 2 N–H and O–H groups in total. The molecule has 4 heterocycles. The topological polar surface area (TPSA) is 164 Å². The Kier molecular flexibility index (Phi) is 10.5. The minimum atomic E-state index is -3.01. The Morgan fingerprint density at radius 1 is 1.04 bits per heavy atom. The molecule has 1 unspecified atom stereocenters. The zero-order valence-electron chi connectivity index (χ0n) is 31.0. The van der Waals surface area contributed by atoms with Gasteiger partial charge in [-0.05, 0) is 61.7 Å². The van der Waals surface area contributed by atoms with Gasteiger partial charge in [-0.1, -0.05) is 67.4 Å². The van der Waals surface area contributed by atoms with Crippen LogP contribution in [0, 0.1) is 16.0 Å². The molecule has 3 aromatic carbocycles. The average Bonchev–Trinajstić information content (AvgIpc) is 3.80. The first-order valence-electron chi connectivity index (χ1n) is 18.9. The fourth-order valence-electron chi connectivity index (χ4n) is 8.94. The van der Waals surface area contributed by atoms with E-state index < -0.39 is 36.4 Å². The van der Waals surface area contributed by atoms with Gasteiger partial charge in [-0.15, -0.1) is 5.10 Å². The average molecular weight is 753 g/mol. The van der Waals surface area contributed by atoms with Crippen molar-refractivity contribution in [3.63, 3.8) is 0 Å². The molecule has 0 radical (unpaired) electrons. The number of nitrogens with zero attached hydrogens (tertiary/aromatic N) is 6. The van der Waals surface area contributed by atoms with Gasteiger partial charge in [-0.3, -0.25) is 24.4 Å². The monoisotopic (exact) mass is 752 g/mol. The van der Waals surface area contributed by atoms with Gasteiger partial charge in [0.25, 0.3) is 11.6 Å². The maximum absolute atomic E-state index is 15.0.